The fourth-order valence-corrected chi connectivity index (χ4v) is 4.82. The summed E-state index contributed by atoms with van der Waals surface area (Å²) in [5, 5.41) is 2.47. The molecule has 0 saturated carbocycles. The van der Waals surface area contributed by atoms with Gasteiger partial charge in [0, 0.05) is 45.8 Å². The van der Waals surface area contributed by atoms with Gasteiger partial charge in [-0.3, -0.25) is 9.69 Å². The second-order valence-electron chi connectivity index (χ2n) is 7.43. The first kappa shape index (κ1) is 22.7. The third-order valence-electron chi connectivity index (χ3n) is 5.31. The number of carbonyl (C=O) groups excluding carboxylic acids is 2. The maximum absolute atomic E-state index is 13.1. The van der Waals surface area contributed by atoms with E-state index in [-0.39, 0.29) is 17.7 Å². The average molecular weight is 445 g/mol. The molecule has 2 heterocycles. The highest BCUT2D eigenvalue weighted by atomic mass is 32.2. The molecule has 1 unspecified atom stereocenters. The summed E-state index contributed by atoms with van der Waals surface area (Å²) in [5.74, 6) is 0.215. The van der Waals surface area contributed by atoms with Crippen LogP contribution in [0.3, 0.4) is 0 Å². The molecule has 2 fully saturated rings. The highest BCUT2D eigenvalue weighted by Crippen LogP contribution is 2.40. The molecule has 10 heteroatoms. The van der Waals surface area contributed by atoms with E-state index in [1.807, 2.05) is 6.92 Å². The summed E-state index contributed by atoms with van der Waals surface area (Å²) in [5.41, 5.74) is -0.199. The molecule has 30 heavy (non-hydrogen) atoms. The van der Waals surface area contributed by atoms with Gasteiger partial charge in [-0.2, -0.15) is 13.2 Å². The molecule has 1 aromatic carbocycles. The average Bonchev–Trinajstić information content (AvgIpc) is 3.10. The van der Waals surface area contributed by atoms with Gasteiger partial charge in [0.1, 0.15) is 5.37 Å². The summed E-state index contributed by atoms with van der Waals surface area (Å²) in [7, 11) is 0. The molecule has 2 saturated heterocycles. The van der Waals surface area contributed by atoms with Gasteiger partial charge in [0.2, 0.25) is 5.91 Å². The highest BCUT2D eigenvalue weighted by Gasteiger charge is 2.36. The van der Waals surface area contributed by atoms with Crippen molar-refractivity contribution in [2.45, 2.75) is 24.9 Å². The Balaban J connectivity index is 1.55. The Hall–Kier alpha value is -1.94. The van der Waals surface area contributed by atoms with Crippen molar-refractivity contribution >= 4 is 23.7 Å². The molecular formula is C20H27F3N4O2S. The van der Waals surface area contributed by atoms with Gasteiger partial charge in [-0.25, -0.2) is 4.79 Å². The monoisotopic (exact) mass is 444 g/mol. The number of piperazine rings is 1. The first-order chi connectivity index (χ1) is 14.3. The number of benzene rings is 1. The number of thioether (sulfide) groups is 1. The normalized spacial score (nSPS) is 20.7. The van der Waals surface area contributed by atoms with E-state index in [0.29, 0.717) is 51.4 Å². The van der Waals surface area contributed by atoms with Crippen molar-refractivity contribution in [3.05, 3.63) is 35.4 Å². The fraction of sp³-hybridized carbons (Fsp3) is 0.600. The first-order valence-electron chi connectivity index (χ1n) is 10.1. The summed E-state index contributed by atoms with van der Waals surface area (Å²) in [6, 6.07) is 5.17. The molecule has 166 valence electrons. The van der Waals surface area contributed by atoms with Crippen LogP contribution >= 0.6 is 11.8 Å². The Kier molecular flexibility index (Phi) is 7.51. The molecule has 1 aromatic rings. The molecule has 0 aliphatic carbocycles. The standard InChI is InChI=1S/C20H27F3N4O2S/c1-2-6-24-19(29)26-10-7-25(8-11-26)9-12-27-17(28)14-30-18(27)15-4-3-5-16(13-15)20(21,22)23/h3-5,13,18H,2,6-12,14H2,1H3,(H,24,29). The van der Waals surface area contributed by atoms with Crippen molar-refractivity contribution in [3.63, 3.8) is 0 Å². The quantitative estimate of drug-likeness (QED) is 0.733. The van der Waals surface area contributed by atoms with Crippen LogP contribution in [0.2, 0.25) is 0 Å². The van der Waals surface area contributed by atoms with Crippen LogP contribution in [0, 0.1) is 0 Å². The van der Waals surface area contributed by atoms with Crippen molar-refractivity contribution in [2.24, 2.45) is 0 Å². The van der Waals surface area contributed by atoms with Crippen molar-refractivity contribution in [2.75, 3.05) is 51.6 Å². The largest absolute Gasteiger partial charge is 0.416 e. The lowest BCUT2D eigenvalue weighted by molar-refractivity contribution is -0.137. The van der Waals surface area contributed by atoms with Gasteiger partial charge in [-0.1, -0.05) is 19.1 Å². The SMILES string of the molecule is CCCNC(=O)N1CCN(CCN2C(=O)CSC2c2cccc(C(F)(F)F)c2)CC1. The Morgan fingerprint density at radius 2 is 1.93 bits per heavy atom. The summed E-state index contributed by atoms with van der Waals surface area (Å²) < 4.78 is 39.2. The summed E-state index contributed by atoms with van der Waals surface area (Å²) in [4.78, 5) is 30.0. The number of nitrogens with one attached hydrogen (secondary N) is 1. The van der Waals surface area contributed by atoms with Gasteiger partial charge >= 0.3 is 12.2 Å². The topological polar surface area (TPSA) is 55.9 Å². The number of nitrogens with zero attached hydrogens (tertiary/aromatic N) is 3. The summed E-state index contributed by atoms with van der Waals surface area (Å²) in [6.45, 7) is 6.41. The van der Waals surface area contributed by atoms with E-state index in [1.165, 1.54) is 17.8 Å². The van der Waals surface area contributed by atoms with Crippen molar-refractivity contribution in [3.8, 4) is 0 Å². The first-order valence-corrected chi connectivity index (χ1v) is 11.2. The van der Waals surface area contributed by atoms with Crippen LogP contribution in [-0.2, 0) is 11.0 Å². The summed E-state index contributed by atoms with van der Waals surface area (Å²) >= 11 is 1.36. The van der Waals surface area contributed by atoms with Crippen LogP contribution in [0.15, 0.2) is 24.3 Å². The third kappa shape index (κ3) is 5.60. The Bertz CT molecular complexity index is 754. The number of hydrogen-bond acceptors (Lipinski definition) is 4. The van der Waals surface area contributed by atoms with Crippen LogP contribution < -0.4 is 5.32 Å². The molecule has 2 aliphatic heterocycles. The Labute approximate surface area is 178 Å². The van der Waals surface area contributed by atoms with Crippen molar-refractivity contribution < 1.29 is 22.8 Å². The third-order valence-corrected chi connectivity index (χ3v) is 6.57. The van der Waals surface area contributed by atoms with Crippen LogP contribution in [-0.4, -0.2) is 78.2 Å². The van der Waals surface area contributed by atoms with Gasteiger partial charge in [-0.15, -0.1) is 11.8 Å². The smallest absolute Gasteiger partial charge is 0.338 e. The second kappa shape index (κ2) is 9.91. The molecule has 0 radical (unpaired) electrons. The van der Waals surface area contributed by atoms with E-state index in [4.69, 9.17) is 0 Å². The molecule has 1 atom stereocenters. The van der Waals surface area contributed by atoms with Gasteiger partial charge in [0.25, 0.3) is 0 Å². The molecule has 0 spiro atoms. The van der Waals surface area contributed by atoms with E-state index < -0.39 is 17.1 Å². The lowest BCUT2D eigenvalue weighted by Gasteiger charge is -2.36. The number of amides is 3. The minimum atomic E-state index is -4.41. The maximum Gasteiger partial charge on any atom is 0.416 e. The maximum atomic E-state index is 13.1. The van der Waals surface area contributed by atoms with Crippen LogP contribution in [0.5, 0.6) is 0 Å². The number of urea groups is 1. The Morgan fingerprint density at radius 1 is 1.20 bits per heavy atom. The van der Waals surface area contributed by atoms with E-state index in [2.05, 4.69) is 10.2 Å². The number of halogens is 3. The molecule has 3 amide bonds. The fourth-order valence-electron chi connectivity index (χ4n) is 3.61. The number of hydrogen-bond donors (Lipinski definition) is 1. The van der Waals surface area contributed by atoms with Crippen molar-refractivity contribution in [1.29, 1.82) is 0 Å². The van der Waals surface area contributed by atoms with Crippen LogP contribution in [0.1, 0.15) is 29.8 Å². The zero-order valence-corrected chi connectivity index (χ0v) is 17.8. The number of carbonyl (C=O) groups is 2. The molecule has 6 nitrogen and oxygen atoms in total. The van der Waals surface area contributed by atoms with Crippen molar-refractivity contribution in [1.82, 2.24) is 20.0 Å². The molecular weight excluding hydrogens is 417 g/mol. The molecule has 2 aliphatic rings. The lowest BCUT2D eigenvalue weighted by atomic mass is 10.1. The predicted molar refractivity (Wildman–Crippen MR) is 110 cm³/mol. The minimum absolute atomic E-state index is 0.0489. The van der Waals surface area contributed by atoms with Gasteiger partial charge in [-0.05, 0) is 24.1 Å². The molecule has 3 rings (SSSR count). The lowest BCUT2D eigenvalue weighted by Crippen LogP contribution is -2.53. The van der Waals surface area contributed by atoms with Gasteiger partial charge in [0.05, 0.1) is 11.3 Å². The molecule has 0 aromatic heterocycles. The molecule has 0 bridgehead atoms. The van der Waals surface area contributed by atoms with Gasteiger partial charge in [0.15, 0.2) is 0 Å². The van der Waals surface area contributed by atoms with Crippen LogP contribution in [0.25, 0.3) is 0 Å². The Morgan fingerprint density at radius 3 is 2.60 bits per heavy atom. The zero-order chi connectivity index (χ0) is 21.7. The van der Waals surface area contributed by atoms with Crippen LogP contribution in [0.4, 0.5) is 18.0 Å². The zero-order valence-electron chi connectivity index (χ0n) is 17.0. The van der Waals surface area contributed by atoms with Gasteiger partial charge < -0.3 is 15.1 Å². The molecule has 1 N–H and O–H groups in total. The second-order valence-corrected chi connectivity index (χ2v) is 8.50. The predicted octanol–water partition coefficient (Wildman–Crippen LogP) is 3.02. The summed E-state index contributed by atoms with van der Waals surface area (Å²) in [6.07, 6.45) is -3.52. The van der Waals surface area contributed by atoms with E-state index in [0.717, 1.165) is 18.6 Å². The number of alkyl halides is 3. The van der Waals surface area contributed by atoms with E-state index >= 15 is 0 Å². The van der Waals surface area contributed by atoms with E-state index in [1.54, 1.807) is 15.9 Å². The van der Waals surface area contributed by atoms with E-state index in [9.17, 15) is 22.8 Å². The number of rotatable bonds is 6. The highest BCUT2D eigenvalue weighted by molar-refractivity contribution is 8.00. The minimum Gasteiger partial charge on any atom is -0.338 e.